The summed E-state index contributed by atoms with van der Waals surface area (Å²) in [5.41, 5.74) is 0. The molecule has 0 aromatic heterocycles. The van der Waals surface area contributed by atoms with Crippen LogP contribution in [0, 0.1) is 0 Å². The predicted octanol–water partition coefficient (Wildman–Crippen LogP) is 29.4. The van der Waals surface area contributed by atoms with Gasteiger partial charge in [-0.25, -0.2) is 0 Å². The van der Waals surface area contributed by atoms with Crippen LogP contribution in [0.4, 0.5) is 0 Å². The summed E-state index contributed by atoms with van der Waals surface area (Å²) >= 11 is 0. The van der Waals surface area contributed by atoms with Crippen LogP contribution in [0.1, 0.15) is 119 Å². The summed E-state index contributed by atoms with van der Waals surface area (Å²) < 4.78 is 42.2. The maximum absolute atomic E-state index is 7.04. The summed E-state index contributed by atoms with van der Waals surface area (Å²) in [6, 6.07) is 95.2. The van der Waals surface area contributed by atoms with Crippen molar-refractivity contribution in [3.8, 4) is 34.5 Å². The average molecular weight is 1420 g/mol. The summed E-state index contributed by atoms with van der Waals surface area (Å²) in [6.07, 6.45) is 11.7. The van der Waals surface area contributed by atoms with Crippen molar-refractivity contribution in [3.05, 3.63) is 255 Å². The summed E-state index contributed by atoms with van der Waals surface area (Å²) in [5.74, 6) is 5.10. The molecule has 0 aliphatic rings. The van der Waals surface area contributed by atoms with Gasteiger partial charge >= 0.3 is 0 Å². The molecule has 0 aliphatic carbocycles. The highest BCUT2D eigenvalue weighted by Crippen LogP contribution is 2.48. The van der Waals surface area contributed by atoms with E-state index in [4.69, 9.17) is 28.4 Å². The number of hydrogen-bond acceptors (Lipinski definition) is 6. The Balaban J connectivity index is 1.15. The van der Waals surface area contributed by atoms with Crippen molar-refractivity contribution < 1.29 is 28.4 Å². The van der Waals surface area contributed by atoms with Gasteiger partial charge in [-0.3, -0.25) is 0 Å². The first kappa shape index (κ1) is 70.9. The zero-order valence-electron chi connectivity index (χ0n) is 63.4. The molecule has 0 heterocycles. The van der Waals surface area contributed by atoms with Crippen LogP contribution < -0.4 is 28.4 Å². The van der Waals surface area contributed by atoms with Gasteiger partial charge in [-0.1, -0.05) is 262 Å². The maximum Gasteiger partial charge on any atom is 0.127 e. The van der Waals surface area contributed by atoms with E-state index in [0.29, 0.717) is 39.6 Å². The number of rotatable bonds is 24. The summed E-state index contributed by atoms with van der Waals surface area (Å²) in [6.45, 7) is 16.9. The molecule has 0 N–H and O–H groups in total. The van der Waals surface area contributed by atoms with Gasteiger partial charge in [-0.2, -0.15) is 0 Å². The van der Waals surface area contributed by atoms with E-state index < -0.39 is 0 Å². The average Bonchev–Trinajstić information content (AvgIpc) is 0.735. The Hall–Kier alpha value is -11.3. The molecule has 0 spiro atoms. The van der Waals surface area contributed by atoms with Crippen LogP contribution in [-0.2, 0) is 0 Å². The normalized spacial score (nSPS) is 11.7. The molecule has 0 radical (unpaired) electrons. The standard InChI is InChI=1S/C102H96O6/c1-7-13-55-103-91-49-43-67-61-85(91)97-73-31-19-21-33-75(73)98(76-34-22-20-32-74(76)97)87-63-69(45-51-93(87)105-57-15-9-3)70-46-52-94(106-58-16-10-4)88(64-70)101-81-39-27-29-41-83(81)102(84-42-30-28-40-82(84)101)90-66-72(48-54-96(90)108-60-18-12-6)71-47-53-95(107-59-17-11-5)89(65-71)100-79-37-25-23-35-77(79)99(78-36-24-26-38-80(78)100)86-62-68(67)44-50-92(86)104-56-14-8-2/h19-54,61-66H,7-18,55-60H2,1-6H3. The minimum absolute atomic E-state index is 0.594. The minimum Gasteiger partial charge on any atom is -0.493 e. The molecule has 0 amide bonds. The fourth-order valence-corrected chi connectivity index (χ4v) is 16.3. The van der Waals surface area contributed by atoms with Crippen molar-refractivity contribution in [3.63, 3.8) is 0 Å². The van der Waals surface area contributed by atoms with Crippen molar-refractivity contribution >= 4 is 162 Å². The van der Waals surface area contributed by atoms with Crippen molar-refractivity contribution in [1.82, 2.24) is 0 Å². The lowest BCUT2D eigenvalue weighted by Gasteiger charge is -2.17. The van der Waals surface area contributed by atoms with Crippen LogP contribution in [0.2, 0.25) is 0 Å². The number of hydrogen-bond donors (Lipinski definition) is 0. The third-order valence-electron chi connectivity index (χ3n) is 21.8. The van der Waals surface area contributed by atoms with Gasteiger partial charge in [0.1, 0.15) is 34.5 Å². The van der Waals surface area contributed by atoms with Gasteiger partial charge in [-0.15, -0.1) is 0 Å². The van der Waals surface area contributed by atoms with E-state index in [1.165, 1.54) is 0 Å². The smallest absolute Gasteiger partial charge is 0.127 e. The molecule has 6 nitrogen and oxygen atoms in total. The van der Waals surface area contributed by atoms with Crippen molar-refractivity contribution in [2.45, 2.75) is 119 Å². The molecule has 0 saturated heterocycles. The lowest BCUT2D eigenvalue weighted by molar-refractivity contribution is 0.313. The van der Waals surface area contributed by atoms with E-state index >= 15 is 0 Å². The van der Waals surface area contributed by atoms with Crippen molar-refractivity contribution in [2.75, 3.05) is 39.6 Å². The molecule has 6 heteroatoms. The maximum atomic E-state index is 7.04. The van der Waals surface area contributed by atoms with Gasteiger partial charge in [0.15, 0.2) is 0 Å². The fraction of sp³-hybridized carbons (Fsp3) is 0.235. The van der Waals surface area contributed by atoms with Gasteiger partial charge in [-0.05, 0) is 208 Å². The van der Waals surface area contributed by atoms with Gasteiger partial charge in [0.25, 0.3) is 0 Å². The quantitative estimate of drug-likeness (QED) is 0.0444. The van der Waals surface area contributed by atoms with E-state index in [-0.39, 0.29) is 0 Å². The van der Waals surface area contributed by atoms with Crippen molar-refractivity contribution in [1.29, 1.82) is 0 Å². The molecule has 0 unspecified atom stereocenters. The molecule has 108 heavy (non-hydrogen) atoms. The third-order valence-corrected chi connectivity index (χ3v) is 21.8. The van der Waals surface area contributed by atoms with Gasteiger partial charge < -0.3 is 28.4 Å². The molecule has 17 aromatic rings. The fourth-order valence-electron chi connectivity index (χ4n) is 16.3. The molecule has 540 valence electrons. The van der Waals surface area contributed by atoms with Crippen LogP contribution in [0.5, 0.6) is 34.5 Å². The first-order valence-electron chi connectivity index (χ1n) is 39.8. The van der Waals surface area contributed by atoms with Crippen LogP contribution in [0.15, 0.2) is 255 Å². The summed E-state index contributed by atoms with van der Waals surface area (Å²) in [7, 11) is 0. The Bertz CT molecular complexity index is 5190. The highest BCUT2D eigenvalue weighted by atomic mass is 16.5. The van der Waals surface area contributed by atoms with Gasteiger partial charge in [0.2, 0.25) is 0 Å². The number of ether oxygens (including phenoxy) is 6. The van der Waals surface area contributed by atoms with Crippen molar-refractivity contribution in [2.24, 2.45) is 0 Å². The van der Waals surface area contributed by atoms with Gasteiger partial charge in [0, 0.05) is 64.6 Å². The topological polar surface area (TPSA) is 55.4 Å². The highest BCUT2D eigenvalue weighted by Gasteiger charge is 2.21. The predicted molar refractivity (Wildman–Crippen MR) is 464 cm³/mol. The zero-order valence-corrected chi connectivity index (χ0v) is 63.4. The van der Waals surface area contributed by atoms with Crippen LogP contribution >= 0.6 is 0 Å². The first-order valence-corrected chi connectivity index (χ1v) is 39.8. The van der Waals surface area contributed by atoms with Gasteiger partial charge in [0.05, 0.1) is 39.6 Å². The van der Waals surface area contributed by atoms with E-state index in [2.05, 4.69) is 296 Å². The molecular weight excluding hydrogens is 1320 g/mol. The number of benzene rings is 15. The van der Waals surface area contributed by atoms with Crippen LogP contribution in [-0.4, -0.2) is 39.6 Å². The second-order valence-electron chi connectivity index (χ2n) is 29.0. The van der Waals surface area contributed by atoms with E-state index in [1.54, 1.807) is 0 Å². The molecule has 0 atom stereocenters. The number of unbranched alkanes of at least 4 members (excludes halogenated alkanes) is 6. The summed E-state index contributed by atoms with van der Waals surface area (Å²) in [5, 5.41) is 32.9. The molecule has 17 rings (SSSR count). The molecule has 0 fully saturated rings. The molecule has 0 aliphatic heterocycles. The minimum atomic E-state index is 0.594. The summed E-state index contributed by atoms with van der Waals surface area (Å²) in [4.78, 5) is 0. The Morgan fingerprint density at radius 2 is 0.287 bits per heavy atom. The molecule has 18 bridgehead atoms. The zero-order chi connectivity index (χ0) is 73.5. The second-order valence-corrected chi connectivity index (χ2v) is 29.0. The molecular formula is C102H96O6. The SMILES string of the molecule is CCCCOc1ccc2cc1c1c3ccccc3c(c3cc(ccc3OCCCC)c3ccc(OCCCC)c(c3)c3c4ccccc4c(c4cc(ccc4OCCCC)c4ccc(OCCCC)c(c4)c4c5ccccc5c(c5cc2ccc5OCCCC)c2ccccc24)c2ccccc23)c2ccccc21. The molecule has 17 aromatic carbocycles. The third kappa shape index (κ3) is 13.6. The second kappa shape index (κ2) is 32.4. The van der Waals surface area contributed by atoms with E-state index in [9.17, 15) is 0 Å². The van der Waals surface area contributed by atoms with E-state index in [0.717, 1.165) is 273 Å². The number of fused-ring (bicyclic) bond motifs is 2. The monoisotopic (exact) mass is 1420 g/mol. The Kier molecular flexibility index (Phi) is 21.3. The van der Waals surface area contributed by atoms with Crippen LogP contribution in [0.25, 0.3) is 162 Å². The Labute approximate surface area is 633 Å². The lowest BCUT2D eigenvalue weighted by Crippen LogP contribution is -1.98. The first-order chi connectivity index (χ1) is 53.4. The Morgan fingerprint density at radius 3 is 0.407 bits per heavy atom. The molecule has 0 saturated carbocycles. The van der Waals surface area contributed by atoms with Crippen LogP contribution in [0.3, 0.4) is 0 Å². The highest BCUT2D eigenvalue weighted by molar-refractivity contribution is 6.37. The largest absolute Gasteiger partial charge is 0.493 e. The Morgan fingerprint density at radius 1 is 0.157 bits per heavy atom. The van der Waals surface area contributed by atoms with E-state index in [1.807, 2.05) is 0 Å². The lowest BCUT2D eigenvalue weighted by atomic mass is 9.90.